The van der Waals surface area contributed by atoms with Gasteiger partial charge in [-0.15, -0.1) is 0 Å². The Hall–Kier alpha value is -1.60. The summed E-state index contributed by atoms with van der Waals surface area (Å²) in [4.78, 5) is 14.6. The molecule has 1 saturated heterocycles. The number of rotatable bonds is 6. The summed E-state index contributed by atoms with van der Waals surface area (Å²) in [7, 11) is -1.70. The highest BCUT2D eigenvalue weighted by atomic mass is 32.2. The molecule has 1 amide bonds. The van der Waals surface area contributed by atoms with Crippen LogP contribution in [0.3, 0.4) is 0 Å². The Bertz CT molecular complexity index is 770. The zero-order valence-electron chi connectivity index (χ0n) is 16.3. The zero-order valence-corrected chi connectivity index (χ0v) is 17.1. The summed E-state index contributed by atoms with van der Waals surface area (Å²) in [6, 6.07) is 4.99. The Balaban J connectivity index is 1.73. The molecule has 0 bridgehead atoms. The predicted octanol–water partition coefficient (Wildman–Crippen LogP) is 2.81. The number of benzene rings is 1. The molecule has 2 aliphatic rings. The first-order valence-corrected chi connectivity index (χ1v) is 11.4. The molecule has 1 atom stereocenters. The second-order valence-corrected chi connectivity index (χ2v) is 9.45. The number of likely N-dealkylation sites (N-methyl/N-ethyl adjacent to an activating group) is 1. The minimum atomic E-state index is -3.49. The van der Waals surface area contributed by atoms with E-state index in [0.29, 0.717) is 36.7 Å². The highest BCUT2D eigenvalue weighted by molar-refractivity contribution is 7.89. The van der Waals surface area contributed by atoms with Crippen LogP contribution in [-0.2, 0) is 21.2 Å². The van der Waals surface area contributed by atoms with Gasteiger partial charge in [0.2, 0.25) is 10.0 Å². The normalized spacial score (nSPS) is 20.6. The molecular weight excluding hydrogens is 364 g/mol. The number of carbonyl (C=O) groups is 1. The van der Waals surface area contributed by atoms with Crippen LogP contribution in [0.25, 0.3) is 0 Å². The summed E-state index contributed by atoms with van der Waals surface area (Å²) < 4.78 is 33.4. The summed E-state index contributed by atoms with van der Waals surface area (Å²) in [5.41, 5.74) is 0.799. The number of sulfonamides is 1. The van der Waals surface area contributed by atoms with Crippen LogP contribution in [0.4, 0.5) is 0 Å². The lowest BCUT2D eigenvalue weighted by Crippen LogP contribution is -2.39. The maximum absolute atomic E-state index is 13.0. The molecule has 1 fully saturated rings. The van der Waals surface area contributed by atoms with E-state index in [0.717, 1.165) is 44.1 Å². The molecule has 0 saturated carbocycles. The highest BCUT2D eigenvalue weighted by Gasteiger charge is 2.33. The fraction of sp³-hybridized carbons (Fsp3) is 0.650. The van der Waals surface area contributed by atoms with Crippen LogP contribution in [0.1, 0.15) is 51.0 Å². The number of amides is 1. The van der Waals surface area contributed by atoms with E-state index in [1.165, 1.54) is 0 Å². The molecule has 0 aromatic heterocycles. The Morgan fingerprint density at radius 2 is 1.93 bits per heavy atom. The molecule has 2 heterocycles. The Kier molecular flexibility index (Phi) is 6.42. The van der Waals surface area contributed by atoms with Crippen LogP contribution in [0.5, 0.6) is 5.75 Å². The van der Waals surface area contributed by atoms with Gasteiger partial charge in [-0.05, 0) is 43.0 Å². The summed E-state index contributed by atoms with van der Waals surface area (Å²) in [5, 5.41) is 0. The van der Waals surface area contributed by atoms with Gasteiger partial charge in [0.25, 0.3) is 5.91 Å². The van der Waals surface area contributed by atoms with E-state index in [-0.39, 0.29) is 5.91 Å². The lowest BCUT2D eigenvalue weighted by atomic mass is 10.1. The number of nitrogens with zero attached hydrogens (tertiary/aromatic N) is 2. The van der Waals surface area contributed by atoms with Crippen molar-refractivity contribution in [3.05, 3.63) is 23.8 Å². The van der Waals surface area contributed by atoms with Gasteiger partial charge in [0, 0.05) is 33.1 Å². The molecule has 27 heavy (non-hydrogen) atoms. The van der Waals surface area contributed by atoms with E-state index in [2.05, 4.69) is 6.92 Å². The fourth-order valence-electron chi connectivity index (χ4n) is 3.71. The first-order valence-electron chi connectivity index (χ1n) is 9.98. The van der Waals surface area contributed by atoms with Crippen LogP contribution in [0, 0.1) is 0 Å². The van der Waals surface area contributed by atoms with Crippen LogP contribution in [-0.4, -0.2) is 56.3 Å². The van der Waals surface area contributed by atoms with Crippen molar-refractivity contribution in [2.24, 2.45) is 0 Å². The van der Waals surface area contributed by atoms with Crippen LogP contribution in [0.2, 0.25) is 0 Å². The lowest BCUT2D eigenvalue weighted by Gasteiger charge is -2.20. The summed E-state index contributed by atoms with van der Waals surface area (Å²) in [6.45, 7) is 3.96. The molecule has 3 rings (SSSR count). The van der Waals surface area contributed by atoms with Gasteiger partial charge in [-0.1, -0.05) is 26.2 Å². The first-order chi connectivity index (χ1) is 12.9. The lowest BCUT2D eigenvalue weighted by molar-refractivity contribution is -0.136. The van der Waals surface area contributed by atoms with Gasteiger partial charge in [0.15, 0.2) is 6.10 Å². The van der Waals surface area contributed by atoms with E-state index in [4.69, 9.17) is 4.74 Å². The standard InChI is InChI=1S/C20H30N2O4S/c1-3-4-11-21(2)20(23)19-15-16-14-17(9-10-18(16)26-19)27(24,25)22-12-7-5-6-8-13-22/h9-10,14,19H,3-8,11-13,15H2,1-2H3. The monoisotopic (exact) mass is 394 g/mol. The third-order valence-corrected chi connectivity index (χ3v) is 7.30. The van der Waals surface area contributed by atoms with E-state index in [1.807, 2.05) is 0 Å². The fourth-order valence-corrected chi connectivity index (χ4v) is 5.27. The van der Waals surface area contributed by atoms with Crippen molar-refractivity contribution in [2.45, 2.75) is 62.9 Å². The van der Waals surface area contributed by atoms with Crippen molar-refractivity contribution >= 4 is 15.9 Å². The van der Waals surface area contributed by atoms with Crippen molar-refractivity contribution in [2.75, 3.05) is 26.7 Å². The Labute approximate surface area is 162 Å². The summed E-state index contributed by atoms with van der Waals surface area (Å²) in [5.74, 6) is 0.573. The Morgan fingerprint density at radius 3 is 2.59 bits per heavy atom. The number of hydrogen-bond donors (Lipinski definition) is 0. The first kappa shape index (κ1) is 20.1. The van der Waals surface area contributed by atoms with Crippen molar-refractivity contribution in [1.29, 1.82) is 0 Å². The number of unbranched alkanes of at least 4 members (excludes halogenated alkanes) is 1. The number of hydrogen-bond acceptors (Lipinski definition) is 4. The van der Waals surface area contributed by atoms with Gasteiger partial charge in [-0.25, -0.2) is 8.42 Å². The predicted molar refractivity (Wildman–Crippen MR) is 104 cm³/mol. The van der Waals surface area contributed by atoms with Crippen LogP contribution >= 0.6 is 0 Å². The quantitative estimate of drug-likeness (QED) is 0.744. The van der Waals surface area contributed by atoms with E-state index in [1.54, 1.807) is 34.5 Å². The second-order valence-electron chi connectivity index (χ2n) is 7.51. The third-order valence-electron chi connectivity index (χ3n) is 5.41. The van der Waals surface area contributed by atoms with E-state index in [9.17, 15) is 13.2 Å². The molecule has 0 aliphatic carbocycles. The van der Waals surface area contributed by atoms with Crippen molar-refractivity contribution in [3.8, 4) is 5.75 Å². The second kappa shape index (κ2) is 8.61. The van der Waals surface area contributed by atoms with E-state index >= 15 is 0 Å². The van der Waals surface area contributed by atoms with Gasteiger partial charge < -0.3 is 9.64 Å². The van der Waals surface area contributed by atoms with Crippen LogP contribution in [0.15, 0.2) is 23.1 Å². The summed E-state index contributed by atoms with van der Waals surface area (Å²) >= 11 is 0. The molecule has 1 aromatic rings. The molecule has 1 unspecified atom stereocenters. The SMILES string of the molecule is CCCCN(C)C(=O)C1Cc2cc(S(=O)(=O)N3CCCCCC3)ccc2O1. The number of ether oxygens (including phenoxy) is 1. The molecule has 0 N–H and O–H groups in total. The van der Waals surface area contributed by atoms with Gasteiger partial charge >= 0.3 is 0 Å². The van der Waals surface area contributed by atoms with Gasteiger partial charge in [-0.2, -0.15) is 4.31 Å². The van der Waals surface area contributed by atoms with Crippen molar-refractivity contribution in [3.63, 3.8) is 0 Å². The smallest absolute Gasteiger partial charge is 0.263 e. The maximum atomic E-state index is 13.0. The highest BCUT2D eigenvalue weighted by Crippen LogP contribution is 2.32. The molecule has 1 aromatic carbocycles. The van der Waals surface area contributed by atoms with Gasteiger partial charge in [-0.3, -0.25) is 4.79 Å². The molecule has 6 nitrogen and oxygen atoms in total. The third kappa shape index (κ3) is 4.46. The molecule has 2 aliphatic heterocycles. The van der Waals surface area contributed by atoms with E-state index < -0.39 is 16.1 Å². The molecule has 0 spiro atoms. The minimum absolute atomic E-state index is 0.0448. The summed E-state index contributed by atoms with van der Waals surface area (Å²) in [6.07, 6.45) is 5.84. The van der Waals surface area contributed by atoms with Crippen LogP contribution < -0.4 is 4.74 Å². The zero-order chi connectivity index (χ0) is 19.4. The van der Waals surface area contributed by atoms with Crippen molar-refractivity contribution in [1.82, 2.24) is 9.21 Å². The minimum Gasteiger partial charge on any atom is -0.480 e. The number of carbonyl (C=O) groups excluding carboxylic acids is 1. The van der Waals surface area contributed by atoms with Crippen molar-refractivity contribution < 1.29 is 17.9 Å². The van der Waals surface area contributed by atoms with Gasteiger partial charge in [0.1, 0.15) is 5.75 Å². The largest absolute Gasteiger partial charge is 0.480 e. The average molecular weight is 395 g/mol. The molecule has 7 heteroatoms. The van der Waals surface area contributed by atoms with Gasteiger partial charge in [0.05, 0.1) is 4.90 Å². The topological polar surface area (TPSA) is 66.9 Å². The molecule has 0 radical (unpaired) electrons. The Morgan fingerprint density at radius 1 is 1.22 bits per heavy atom. The molecular formula is C20H30N2O4S. The average Bonchev–Trinajstić information content (AvgIpc) is 2.88. The molecule has 150 valence electrons. The number of fused-ring (bicyclic) bond motifs is 1. The maximum Gasteiger partial charge on any atom is 0.263 e.